The molecule has 156 valence electrons. The van der Waals surface area contributed by atoms with Gasteiger partial charge < -0.3 is 4.90 Å². The second kappa shape index (κ2) is 7.81. The van der Waals surface area contributed by atoms with Gasteiger partial charge in [0.15, 0.2) is 11.6 Å². The Bertz CT molecular complexity index is 1120. The maximum absolute atomic E-state index is 13.2. The molecule has 0 radical (unpaired) electrons. The van der Waals surface area contributed by atoms with Crippen molar-refractivity contribution in [3.8, 4) is 5.82 Å². The molecular formula is C21H24N6O2S. The van der Waals surface area contributed by atoms with Crippen molar-refractivity contribution >= 4 is 15.8 Å². The predicted octanol–water partition coefficient (Wildman–Crippen LogP) is 2.05. The molecule has 1 aromatic carbocycles. The van der Waals surface area contributed by atoms with E-state index in [2.05, 4.69) is 20.1 Å². The Balaban J connectivity index is 1.27. The zero-order chi connectivity index (χ0) is 20.6. The Morgan fingerprint density at radius 3 is 2.27 bits per heavy atom. The van der Waals surface area contributed by atoms with Gasteiger partial charge in [0.2, 0.25) is 10.0 Å². The molecule has 8 nitrogen and oxygen atoms in total. The van der Waals surface area contributed by atoms with Gasteiger partial charge in [-0.1, -0.05) is 6.07 Å². The number of rotatable bonds is 4. The number of anilines is 1. The van der Waals surface area contributed by atoms with E-state index in [0.717, 1.165) is 25.1 Å². The van der Waals surface area contributed by atoms with Crippen LogP contribution in [-0.2, 0) is 22.9 Å². The van der Waals surface area contributed by atoms with Crippen LogP contribution >= 0.6 is 0 Å². The molecule has 2 aromatic heterocycles. The Morgan fingerprint density at radius 2 is 1.57 bits per heavy atom. The molecular weight excluding hydrogens is 400 g/mol. The summed E-state index contributed by atoms with van der Waals surface area (Å²) in [5.74, 6) is 1.45. The number of nitrogens with zero attached hydrogens (tertiary/aromatic N) is 6. The third-order valence-electron chi connectivity index (χ3n) is 5.93. The van der Waals surface area contributed by atoms with E-state index in [4.69, 9.17) is 0 Å². The van der Waals surface area contributed by atoms with E-state index >= 15 is 0 Å². The standard InChI is InChI=1S/C21H24N6O2S/c28-30(29,19-6-5-17-3-1-2-4-18(17)15-19)27-13-11-25(12-14-27)20-7-8-21(24-23-20)26-10-9-22-16-26/h5-10,15-16H,1-4,11-14H2. The average Bonchev–Trinajstić information content (AvgIpc) is 3.34. The third kappa shape index (κ3) is 3.59. The second-order valence-corrected chi connectivity index (χ2v) is 9.69. The highest BCUT2D eigenvalue weighted by Gasteiger charge is 2.29. The first-order valence-electron chi connectivity index (χ1n) is 10.3. The smallest absolute Gasteiger partial charge is 0.243 e. The lowest BCUT2D eigenvalue weighted by Gasteiger charge is -2.34. The number of aromatic nitrogens is 4. The molecule has 0 saturated carbocycles. The lowest BCUT2D eigenvalue weighted by Crippen LogP contribution is -2.49. The minimum absolute atomic E-state index is 0.418. The van der Waals surface area contributed by atoms with Gasteiger partial charge in [-0.3, -0.25) is 4.57 Å². The molecule has 1 fully saturated rings. The quantitative estimate of drug-likeness (QED) is 0.637. The van der Waals surface area contributed by atoms with Gasteiger partial charge in [0, 0.05) is 38.6 Å². The fourth-order valence-corrected chi connectivity index (χ4v) is 5.67. The van der Waals surface area contributed by atoms with Gasteiger partial charge in [-0.25, -0.2) is 13.4 Å². The first kappa shape index (κ1) is 19.2. The molecule has 3 heterocycles. The van der Waals surface area contributed by atoms with Crippen molar-refractivity contribution in [2.24, 2.45) is 0 Å². The van der Waals surface area contributed by atoms with Crippen LogP contribution in [0.4, 0.5) is 5.82 Å². The van der Waals surface area contributed by atoms with Gasteiger partial charge in [0.25, 0.3) is 0 Å². The Kier molecular flexibility index (Phi) is 5.00. The van der Waals surface area contributed by atoms with Crippen molar-refractivity contribution in [1.82, 2.24) is 24.1 Å². The molecule has 1 aliphatic carbocycles. The third-order valence-corrected chi connectivity index (χ3v) is 7.82. The first-order valence-corrected chi connectivity index (χ1v) is 11.7. The van der Waals surface area contributed by atoms with E-state index < -0.39 is 10.0 Å². The van der Waals surface area contributed by atoms with E-state index in [1.54, 1.807) is 27.5 Å². The van der Waals surface area contributed by atoms with E-state index in [1.807, 2.05) is 30.5 Å². The SMILES string of the molecule is O=S(=O)(c1ccc2c(c1)CCCC2)N1CCN(c2ccc(-n3ccnc3)nn2)CC1. The van der Waals surface area contributed by atoms with Crippen LogP contribution in [0.3, 0.4) is 0 Å². The van der Waals surface area contributed by atoms with Crippen LogP contribution in [0.5, 0.6) is 0 Å². The molecule has 0 N–H and O–H groups in total. The topological polar surface area (TPSA) is 84.2 Å². The second-order valence-electron chi connectivity index (χ2n) is 7.75. The molecule has 9 heteroatoms. The zero-order valence-corrected chi connectivity index (χ0v) is 17.5. The minimum Gasteiger partial charge on any atom is -0.352 e. The lowest BCUT2D eigenvalue weighted by molar-refractivity contribution is 0.383. The van der Waals surface area contributed by atoms with E-state index in [1.165, 1.54) is 17.5 Å². The Labute approximate surface area is 176 Å². The molecule has 2 aliphatic rings. The van der Waals surface area contributed by atoms with Crippen LogP contribution in [0.2, 0.25) is 0 Å². The summed E-state index contributed by atoms with van der Waals surface area (Å²) in [6, 6.07) is 9.45. The van der Waals surface area contributed by atoms with Gasteiger partial charge in [-0.2, -0.15) is 4.31 Å². The Morgan fingerprint density at radius 1 is 0.833 bits per heavy atom. The molecule has 0 bridgehead atoms. The molecule has 5 rings (SSSR count). The summed E-state index contributed by atoms with van der Waals surface area (Å²) >= 11 is 0. The number of fused-ring (bicyclic) bond motifs is 1. The van der Waals surface area contributed by atoms with Crippen LogP contribution < -0.4 is 4.90 Å². The lowest BCUT2D eigenvalue weighted by atomic mass is 9.92. The van der Waals surface area contributed by atoms with Crippen molar-refractivity contribution in [2.45, 2.75) is 30.6 Å². The Hall–Kier alpha value is -2.78. The molecule has 0 spiro atoms. The molecule has 0 atom stereocenters. The zero-order valence-electron chi connectivity index (χ0n) is 16.7. The van der Waals surface area contributed by atoms with Gasteiger partial charge in [-0.15, -0.1) is 10.2 Å². The summed E-state index contributed by atoms with van der Waals surface area (Å²) in [6.45, 7) is 2.04. The summed E-state index contributed by atoms with van der Waals surface area (Å²) in [5, 5.41) is 8.56. The fraction of sp³-hybridized carbons (Fsp3) is 0.381. The number of aryl methyl sites for hydroxylation is 2. The van der Waals surface area contributed by atoms with Crippen molar-refractivity contribution in [1.29, 1.82) is 0 Å². The number of hydrogen-bond acceptors (Lipinski definition) is 6. The number of hydrogen-bond donors (Lipinski definition) is 0. The summed E-state index contributed by atoms with van der Waals surface area (Å²) in [4.78, 5) is 6.50. The van der Waals surface area contributed by atoms with Crippen LogP contribution in [0.15, 0.2) is 53.9 Å². The summed E-state index contributed by atoms with van der Waals surface area (Å²) in [5.41, 5.74) is 2.48. The molecule has 0 amide bonds. The maximum atomic E-state index is 13.2. The van der Waals surface area contributed by atoms with Gasteiger partial charge in [-0.05, 0) is 61.1 Å². The largest absolute Gasteiger partial charge is 0.352 e. The fourth-order valence-electron chi connectivity index (χ4n) is 4.20. The normalized spacial score (nSPS) is 17.7. The summed E-state index contributed by atoms with van der Waals surface area (Å²) < 4.78 is 29.7. The van der Waals surface area contributed by atoms with Crippen LogP contribution in [0.1, 0.15) is 24.0 Å². The van der Waals surface area contributed by atoms with Crippen molar-refractivity contribution < 1.29 is 8.42 Å². The number of piperazine rings is 1. The number of imidazole rings is 1. The van der Waals surface area contributed by atoms with E-state index in [9.17, 15) is 8.42 Å². The van der Waals surface area contributed by atoms with Gasteiger partial charge in [0.1, 0.15) is 6.33 Å². The summed E-state index contributed by atoms with van der Waals surface area (Å²) in [6.07, 6.45) is 9.53. The summed E-state index contributed by atoms with van der Waals surface area (Å²) in [7, 11) is -3.48. The average molecular weight is 425 g/mol. The molecule has 0 unspecified atom stereocenters. The molecule has 1 aliphatic heterocycles. The first-order chi connectivity index (χ1) is 14.6. The molecule has 1 saturated heterocycles. The van der Waals surface area contributed by atoms with Crippen LogP contribution in [-0.4, -0.2) is 58.7 Å². The highest BCUT2D eigenvalue weighted by Crippen LogP contribution is 2.26. The van der Waals surface area contributed by atoms with E-state index in [-0.39, 0.29) is 0 Å². The minimum atomic E-state index is -3.48. The van der Waals surface area contributed by atoms with Crippen LogP contribution in [0, 0.1) is 0 Å². The van der Waals surface area contributed by atoms with Crippen molar-refractivity contribution in [3.05, 3.63) is 60.2 Å². The highest BCUT2D eigenvalue weighted by molar-refractivity contribution is 7.89. The molecule has 3 aromatic rings. The van der Waals surface area contributed by atoms with Crippen molar-refractivity contribution in [2.75, 3.05) is 31.1 Å². The maximum Gasteiger partial charge on any atom is 0.243 e. The number of benzene rings is 1. The monoisotopic (exact) mass is 424 g/mol. The predicted molar refractivity (Wildman–Crippen MR) is 113 cm³/mol. The van der Waals surface area contributed by atoms with Crippen molar-refractivity contribution in [3.63, 3.8) is 0 Å². The van der Waals surface area contributed by atoms with Gasteiger partial charge >= 0.3 is 0 Å². The molecule has 30 heavy (non-hydrogen) atoms. The van der Waals surface area contributed by atoms with Gasteiger partial charge in [0.05, 0.1) is 4.90 Å². The number of sulfonamides is 1. The van der Waals surface area contributed by atoms with E-state index in [0.29, 0.717) is 36.9 Å². The van der Waals surface area contributed by atoms with Crippen LogP contribution in [0.25, 0.3) is 5.82 Å². The highest BCUT2D eigenvalue weighted by atomic mass is 32.2.